The van der Waals surface area contributed by atoms with E-state index >= 15 is 0 Å². The Hall–Kier alpha value is -2.93. The van der Waals surface area contributed by atoms with Gasteiger partial charge in [0, 0.05) is 36.5 Å². The summed E-state index contributed by atoms with van der Waals surface area (Å²) in [5.74, 6) is -0.364. The van der Waals surface area contributed by atoms with Crippen molar-refractivity contribution in [1.82, 2.24) is 9.97 Å². The third kappa shape index (κ3) is 5.10. The number of aryl methyl sites for hydroxylation is 1. The van der Waals surface area contributed by atoms with E-state index in [4.69, 9.17) is 4.98 Å². The van der Waals surface area contributed by atoms with Crippen LogP contribution in [0.2, 0.25) is 0 Å². The van der Waals surface area contributed by atoms with Gasteiger partial charge in [-0.3, -0.25) is 0 Å². The maximum atomic E-state index is 11.8. The summed E-state index contributed by atoms with van der Waals surface area (Å²) in [6.45, 7) is 1.67. The van der Waals surface area contributed by atoms with Gasteiger partial charge in [-0.25, -0.2) is 14.8 Å². The zero-order valence-electron chi connectivity index (χ0n) is 18.1. The van der Waals surface area contributed by atoms with Gasteiger partial charge in [0.05, 0.1) is 17.3 Å². The number of carbonyl (C=O) groups is 1. The molecule has 2 aromatic carbocycles. The van der Waals surface area contributed by atoms with Crippen LogP contribution in [-0.4, -0.2) is 41.2 Å². The molecule has 32 heavy (non-hydrogen) atoms. The number of rotatable bonds is 8. The molecule has 0 aliphatic carbocycles. The largest absolute Gasteiger partial charge is 0.478 e. The van der Waals surface area contributed by atoms with E-state index in [9.17, 15) is 9.90 Å². The van der Waals surface area contributed by atoms with Gasteiger partial charge in [-0.15, -0.1) is 0 Å². The third-order valence-electron chi connectivity index (χ3n) is 5.93. The summed E-state index contributed by atoms with van der Waals surface area (Å²) in [7, 11) is 2.05. The topological polar surface area (TPSA) is 69.6 Å². The lowest BCUT2D eigenvalue weighted by molar-refractivity contribution is 0.0694. The zero-order chi connectivity index (χ0) is 22.5. The molecule has 0 saturated carbocycles. The summed E-state index contributed by atoms with van der Waals surface area (Å²) < 4.78 is 1.05. The van der Waals surface area contributed by atoms with Gasteiger partial charge in [0.2, 0.25) is 5.95 Å². The number of aromatic carboxylic acids is 1. The summed E-state index contributed by atoms with van der Waals surface area (Å²) in [5, 5.41) is 9.66. The molecule has 0 bridgehead atoms. The minimum Gasteiger partial charge on any atom is -0.478 e. The van der Waals surface area contributed by atoms with Gasteiger partial charge < -0.3 is 14.9 Å². The number of anilines is 2. The number of aromatic nitrogens is 2. The molecule has 3 aromatic rings. The van der Waals surface area contributed by atoms with Gasteiger partial charge >= 0.3 is 5.97 Å². The van der Waals surface area contributed by atoms with E-state index in [0.29, 0.717) is 18.1 Å². The fourth-order valence-corrected chi connectivity index (χ4v) is 4.69. The first-order valence-electron chi connectivity index (χ1n) is 10.9. The summed E-state index contributed by atoms with van der Waals surface area (Å²) in [6.07, 6.45) is 4.94. The Morgan fingerprint density at radius 1 is 1.22 bits per heavy atom. The Kier molecular flexibility index (Phi) is 7.05. The van der Waals surface area contributed by atoms with Gasteiger partial charge in [-0.05, 0) is 55.5 Å². The molecular weight excluding hydrogens is 468 g/mol. The Morgan fingerprint density at radius 3 is 2.78 bits per heavy atom. The van der Waals surface area contributed by atoms with Crippen LogP contribution in [0.4, 0.5) is 11.6 Å². The quantitative estimate of drug-likeness (QED) is 0.455. The van der Waals surface area contributed by atoms with Crippen LogP contribution in [0.5, 0.6) is 0 Å². The van der Waals surface area contributed by atoms with E-state index in [1.807, 2.05) is 37.4 Å². The Bertz CT molecular complexity index is 1080. The van der Waals surface area contributed by atoms with Gasteiger partial charge in [-0.1, -0.05) is 46.3 Å². The summed E-state index contributed by atoms with van der Waals surface area (Å²) >= 11 is 3.56. The average molecular weight is 495 g/mol. The maximum absolute atomic E-state index is 11.8. The molecule has 166 valence electrons. The molecule has 1 aromatic heterocycles. The molecule has 0 radical (unpaired) electrons. The third-order valence-corrected chi connectivity index (χ3v) is 6.43. The molecule has 1 aliphatic heterocycles. The van der Waals surface area contributed by atoms with E-state index in [-0.39, 0.29) is 11.6 Å². The van der Waals surface area contributed by atoms with Crippen molar-refractivity contribution < 1.29 is 9.90 Å². The average Bonchev–Trinajstić information content (AvgIpc) is 3.29. The lowest BCUT2D eigenvalue weighted by Crippen LogP contribution is -2.26. The van der Waals surface area contributed by atoms with Gasteiger partial charge in [0.15, 0.2) is 0 Å². The fourth-order valence-electron chi connectivity index (χ4n) is 4.28. The first kappa shape index (κ1) is 22.3. The number of carboxylic acid groups (broad SMARTS) is 1. The van der Waals surface area contributed by atoms with Gasteiger partial charge in [0.25, 0.3) is 0 Å². The van der Waals surface area contributed by atoms with Crippen LogP contribution in [0.3, 0.4) is 0 Å². The lowest BCUT2D eigenvalue weighted by atomic mass is 10.0. The number of hydrogen-bond acceptors (Lipinski definition) is 5. The minimum absolute atomic E-state index is 0.189. The second kappa shape index (κ2) is 10.1. The Morgan fingerprint density at radius 2 is 2.03 bits per heavy atom. The van der Waals surface area contributed by atoms with E-state index in [2.05, 4.69) is 55.0 Å². The van der Waals surface area contributed by atoms with E-state index in [1.165, 1.54) is 11.8 Å². The van der Waals surface area contributed by atoms with Crippen molar-refractivity contribution in [2.45, 2.75) is 31.7 Å². The second-order valence-corrected chi connectivity index (χ2v) is 9.02. The summed E-state index contributed by atoms with van der Waals surface area (Å²) in [5.41, 5.74) is 3.15. The number of hydrogen-bond donors (Lipinski definition) is 1. The fraction of sp³-hybridized carbons (Fsp3) is 0.320. The van der Waals surface area contributed by atoms with E-state index in [1.54, 1.807) is 0 Å². The number of carboxylic acids is 1. The van der Waals surface area contributed by atoms with E-state index in [0.717, 1.165) is 42.5 Å². The molecule has 0 spiro atoms. The van der Waals surface area contributed by atoms with Crippen molar-refractivity contribution >= 4 is 33.5 Å². The monoisotopic (exact) mass is 494 g/mol. The molecule has 1 N–H and O–H groups in total. The van der Waals surface area contributed by atoms with Gasteiger partial charge in [0.1, 0.15) is 0 Å². The van der Waals surface area contributed by atoms with Crippen LogP contribution in [0.15, 0.2) is 65.3 Å². The van der Waals surface area contributed by atoms with Crippen LogP contribution in [0.1, 0.15) is 46.9 Å². The van der Waals surface area contributed by atoms with Crippen LogP contribution in [0.25, 0.3) is 0 Å². The summed E-state index contributed by atoms with van der Waals surface area (Å²) in [4.78, 5) is 25.4. The number of para-hydroxylation sites is 1. The number of benzene rings is 2. The van der Waals surface area contributed by atoms with Gasteiger partial charge in [-0.2, -0.15) is 0 Å². The van der Waals surface area contributed by atoms with Crippen molar-refractivity contribution in [3.63, 3.8) is 0 Å². The van der Waals surface area contributed by atoms with Crippen molar-refractivity contribution in [2.75, 3.05) is 29.9 Å². The van der Waals surface area contributed by atoms with Crippen molar-refractivity contribution in [1.29, 1.82) is 0 Å². The highest BCUT2D eigenvalue weighted by molar-refractivity contribution is 9.10. The molecule has 1 saturated heterocycles. The minimum atomic E-state index is -0.979. The SMILES string of the molecule is CN(CCCc1nc(N2CCC[C@H]2c2cccc(Br)c2)ncc1C(=O)O)c1ccccc1. The maximum Gasteiger partial charge on any atom is 0.339 e. The highest BCUT2D eigenvalue weighted by Crippen LogP contribution is 2.35. The molecule has 2 heterocycles. The van der Waals surface area contributed by atoms with Crippen LogP contribution < -0.4 is 9.80 Å². The van der Waals surface area contributed by atoms with Crippen molar-refractivity contribution in [3.8, 4) is 0 Å². The first-order valence-corrected chi connectivity index (χ1v) is 11.7. The number of halogens is 1. The predicted octanol–water partition coefficient (Wildman–Crippen LogP) is 5.35. The van der Waals surface area contributed by atoms with E-state index < -0.39 is 5.97 Å². The standard InChI is InChI=1S/C25H27BrN4O2/c1-29(20-10-3-2-4-11-20)14-6-12-22-21(24(31)32)17-27-25(28-22)30-15-7-13-23(30)18-8-5-9-19(26)16-18/h2-5,8-11,16-17,23H,6-7,12-15H2,1H3,(H,31,32)/t23-/m0/s1. The molecule has 0 amide bonds. The normalized spacial score (nSPS) is 15.7. The molecule has 6 nitrogen and oxygen atoms in total. The Labute approximate surface area is 197 Å². The van der Waals surface area contributed by atoms with Crippen LogP contribution in [0, 0.1) is 0 Å². The second-order valence-electron chi connectivity index (χ2n) is 8.10. The zero-order valence-corrected chi connectivity index (χ0v) is 19.7. The van der Waals surface area contributed by atoms with Crippen molar-refractivity contribution in [3.05, 3.63) is 82.1 Å². The molecule has 0 unspecified atom stereocenters. The highest BCUT2D eigenvalue weighted by atomic mass is 79.9. The number of nitrogens with zero attached hydrogens (tertiary/aromatic N) is 4. The predicted molar refractivity (Wildman–Crippen MR) is 130 cm³/mol. The molecular formula is C25H27BrN4O2. The summed E-state index contributed by atoms with van der Waals surface area (Å²) in [6, 6.07) is 18.7. The first-order chi connectivity index (χ1) is 15.5. The lowest BCUT2D eigenvalue weighted by Gasteiger charge is -2.26. The molecule has 1 aliphatic rings. The molecule has 1 fully saturated rings. The highest BCUT2D eigenvalue weighted by Gasteiger charge is 2.29. The molecule has 4 rings (SSSR count). The molecule has 1 atom stereocenters. The molecule has 7 heteroatoms. The van der Waals surface area contributed by atoms with Crippen LogP contribution in [-0.2, 0) is 6.42 Å². The smallest absolute Gasteiger partial charge is 0.339 e. The van der Waals surface area contributed by atoms with Crippen LogP contribution >= 0.6 is 15.9 Å². The van der Waals surface area contributed by atoms with Crippen molar-refractivity contribution in [2.24, 2.45) is 0 Å². The Balaban J connectivity index is 1.52.